The first-order valence-electron chi connectivity index (χ1n) is 9.38. The summed E-state index contributed by atoms with van der Waals surface area (Å²) in [6, 6.07) is 8.62. The average Bonchev–Trinajstić information content (AvgIpc) is 3.29. The number of aliphatic hydroxyl groups is 1. The topological polar surface area (TPSA) is 53.0 Å². The van der Waals surface area contributed by atoms with E-state index < -0.39 is 5.60 Å². The molecular formula is C20H29ClN2O3. The Morgan fingerprint density at radius 1 is 1.15 bits per heavy atom. The number of ether oxygens (including phenoxy) is 1. The molecule has 3 atom stereocenters. The van der Waals surface area contributed by atoms with Crippen LogP contribution in [0.25, 0.3) is 0 Å². The van der Waals surface area contributed by atoms with Gasteiger partial charge in [-0.2, -0.15) is 0 Å². The predicted octanol–water partition coefficient (Wildman–Crippen LogP) is 2.48. The van der Waals surface area contributed by atoms with Crippen LogP contribution in [0.1, 0.15) is 37.3 Å². The molecule has 2 aliphatic heterocycles. The van der Waals surface area contributed by atoms with Crippen LogP contribution < -0.4 is 4.74 Å². The Kier molecular flexibility index (Phi) is 5.52. The molecule has 26 heavy (non-hydrogen) atoms. The average molecular weight is 381 g/mol. The highest BCUT2D eigenvalue weighted by Gasteiger charge is 2.50. The summed E-state index contributed by atoms with van der Waals surface area (Å²) in [6.45, 7) is 2.54. The summed E-state index contributed by atoms with van der Waals surface area (Å²) in [6.07, 6.45) is 3.17. The molecule has 0 bridgehead atoms. The first kappa shape index (κ1) is 19.5. The Bertz CT molecular complexity index is 645. The van der Waals surface area contributed by atoms with Gasteiger partial charge in [0.1, 0.15) is 11.4 Å². The van der Waals surface area contributed by atoms with Gasteiger partial charge in [-0.15, -0.1) is 12.4 Å². The van der Waals surface area contributed by atoms with Gasteiger partial charge in [-0.05, 0) is 56.3 Å². The maximum atomic E-state index is 12.9. The van der Waals surface area contributed by atoms with Crippen LogP contribution in [0.2, 0.25) is 0 Å². The van der Waals surface area contributed by atoms with Crippen molar-refractivity contribution < 1.29 is 14.6 Å². The van der Waals surface area contributed by atoms with Crippen LogP contribution >= 0.6 is 12.4 Å². The molecule has 4 rings (SSSR count). The zero-order chi connectivity index (χ0) is 17.6. The predicted molar refractivity (Wildman–Crippen MR) is 103 cm³/mol. The number of hydrogen-bond acceptors (Lipinski definition) is 4. The van der Waals surface area contributed by atoms with Gasteiger partial charge in [-0.3, -0.25) is 9.69 Å². The van der Waals surface area contributed by atoms with E-state index in [1.165, 1.54) is 5.56 Å². The number of hydrogen-bond donors (Lipinski definition) is 1. The molecule has 1 aliphatic carbocycles. The number of likely N-dealkylation sites (tertiary alicyclic amines) is 2. The number of nitrogens with zero attached hydrogens (tertiary/aromatic N) is 2. The minimum atomic E-state index is -1.10. The first-order valence-corrected chi connectivity index (χ1v) is 9.38. The number of halogens is 1. The van der Waals surface area contributed by atoms with Gasteiger partial charge in [0, 0.05) is 31.6 Å². The maximum absolute atomic E-state index is 12.9. The molecule has 5 nitrogen and oxygen atoms in total. The summed E-state index contributed by atoms with van der Waals surface area (Å²) >= 11 is 0. The molecule has 1 aromatic rings. The van der Waals surface area contributed by atoms with Crippen molar-refractivity contribution in [1.82, 2.24) is 9.80 Å². The lowest BCUT2D eigenvalue weighted by molar-refractivity contribution is -0.150. The van der Waals surface area contributed by atoms with Crippen molar-refractivity contribution in [2.24, 2.45) is 11.8 Å². The molecule has 6 heteroatoms. The highest BCUT2D eigenvalue weighted by Crippen LogP contribution is 2.45. The largest absolute Gasteiger partial charge is 0.497 e. The van der Waals surface area contributed by atoms with Crippen LogP contribution in [0.4, 0.5) is 0 Å². The summed E-state index contributed by atoms with van der Waals surface area (Å²) in [4.78, 5) is 17.2. The van der Waals surface area contributed by atoms with E-state index in [9.17, 15) is 9.90 Å². The molecule has 1 aromatic carbocycles. The highest BCUT2D eigenvalue weighted by atomic mass is 35.5. The van der Waals surface area contributed by atoms with E-state index in [1.54, 1.807) is 7.11 Å². The summed E-state index contributed by atoms with van der Waals surface area (Å²) < 4.78 is 5.27. The Morgan fingerprint density at radius 2 is 1.81 bits per heavy atom. The van der Waals surface area contributed by atoms with Crippen LogP contribution in [-0.4, -0.2) is 60.2 Å². The zero-order valence-corrected chi connectivity index (χ0v) is 16.4. The highest BCUT2D eigenvalue weighted by molar-refractivity contribution is 5.86. The summed E-state index contributed by atoms with van der Waals surface area (Å²) in [5, 5.41) is 10.7. The lowest BCUT2D eigenvalue weighted by Crippen LogP contribution is -2.47. The second kappa shape index (κ2) is 7.37. The molecule has 1 saturated carbocycles. The molecular weight excluding hydrogens is 352 g/mol. The number of benzene rings is 1. The number of carbonyl (C=O) groups excluding carboxylic acids is 1. The molecule has 2 heterocycles. The molecule has 0 spiro atoms. The van der Waals surface area contributed by atoms with E-state index in [0.717, 1.165) is 38.2 Å². The second-order valence-electron chi connectivity index (χ2n) is 8.03. The van der Waals surface area contributed by atoms with Crippen LogP contribution in [-0.2, 0) is 4.79 Å². The molecule has 3 fully saturated rings. The van der Waals surface area contributed by atoms with Crippen LogP contribution in [0, 0.1) is 11.8 Å². The van der Waals surface area contributed by atoms with Gasteiger partial charge in [0.15, 0.2) is 0 Å². The third-order valence-corrected chi connectivity index (χ3v) is 6.47. The minimum Gasteiger partial charge on any atom is -0.497 e. The summed E-state index contributed by atoms with van der Waals surface area (Å²) in [5.41, 5.74) is 0.185. The van der Waals surface area contributed by atoms with Gasteiger partial charge >= 0.3 is 0 Å². The summed E-state index contributed by atoms with van der Waals surface area (Å²) in [5.74, 6) is 1.77. The molecule has 0 radical (unpaired) electrons. The van der Waals surface area contributed by atoms with Crippen LogP contribution in [0.15, 0.2) is 24.3 Å². The van der Waals surface area contributed by atoms with Crippen molar-refractivity contribution in [2.45, 2.75) is 37.3 Å². The maximum Gasteiger partial charge on any atom is 0.254 e. The number of rotatable bonds is 3. The van der Waals surface area contributed by atoms with Gasteiger partial charge in [0.05, 0.1) is 7.11 Å². The third kappa shape index (κ3) is 3.21. The van der Waals surface area contributed by atoms with Crippen molar-refractivity contribution in [3.63, 3.8) is 0 Å². The van der Waals surface area contributed by atoms with Gasteiger partial charge in [0.25, 0.3) is 5.91 Å². The standard InChI is InChI=1S/C20H28N2O3.ClH/c1-21-11-15-12-22(19(23)20(24)9-3-4-10-20)13-17(15)18(21)14-5-7-16(25-2)8-6-14;/h5-8,15,17-18,24H,3-4,9-13H2,1-2H3;1H/t15-,17+,18+;/m0./s1. The Morgan fingerprint density at radius 3 is 2.42 bits per heavy atom. The third-order valence-electron chi connectivity index (χ3n) is 6.47. The lowest BCUT2D eigenvalue weighted by atomic mass is 9.89. The van der Waals surface area contributed by atoms with Gasteiger partial charge in [-0.1, -0.05) is 12.1 Å². The fourth-order valence-electron chi connectivity index (χ4n) is 5.19. The van der Waals surface area contributed by atoms with E-state index in [0.29, 0.717) is 30.7 Å². The first-order chi connectivity index (χ1) is 12.0. The van der Waals surface area contributed by atoms with Crippen molar-refractivity contribution in [2.75, 3.05) is 33.8 Å². The van der Waals surface area contributed by atoms with Crippen molar-refractivity contribution in [3.05, 3.63) is 29.8 Å². The van der Waals surface area contributed by atoms with Gasteiger partial charge < -0.3 is 14.7 Å². The van der Waals surface area contributed by atoms with Crippen LogP contribution in [0.5, 0.6) is 5.75 Å². The SMILES string of the molecule is COc1ccc([C@@H]2[C@@H]3CN(C(=O)C4(O)CCCC4)C[C@@H]3CN2C)cc1.Cl. The fourth-order valence-corrected chi connectivity index (χ4v) is 5.19. The number of amides is 1. The van der Waals surface area contributed by atoms with E-state index >= 15 is 0 Å². The van der Waals surface area contributed by atoms with E-state index in [4.69, 9.17) is 4.74 Å². The van der Waals surface area contributed by atoms with Crippen LogP contribution in [0.3, 0.4) is 0 Å². The van der Waals surface area contributed by atoms with E-state index in [2.05, 4.69) is 24.1 Å². The second-order valence-corrected chi connectivity index (χ2v) is 8.03. The molecule has 0 aromatic heterocycles. The number of fused-ring (bicyclic) bond motifs is 1. The minimum absolute atomic E-state index is 0. The Labute approximate surface area is 161 Å². The molecule has 1 amide bonds. The van der Waals surface area contributed by atoms with Crippen molar-refractivity contribution in [1.29, 1.82) is 0 Å². The zero-order valence-electron chi connectivity index (χ0n) is 15.6. The Balaban J connectivity index is 0.00000196. The monoisotopic (exact) mass is 380 g/mol. The van der Waals surface area contributed by atoms with Crippen molar-refractivity contribution in [3.8, 4) is 5.75 Å². The molecule has 3 aliphatic rings. The molecule has 1 N–H and O–H groups in total. The molecule has 0 unspecified atom stereocenters. The van der Waals surface area contributed by atoms with Gasteiger partial charge in [-0.25, -0.2) is 0 Å². The van der Waals surface area contributed by atoms with Gasteiger partial charge in [0.2, 0.25) is 0 Å². The number of methoxy groups -OCH3 is 1. The van der Waals surface area contributed by atoms with E-state index in [1.807, 2.05) is 17.0 Å². The molecule has 144 valence electrons. The lowest BCUT2D eigenvalue weighted by Gasteiger charge is -2.30. The smallest absolute Gasteiger partial charge is 0.254 e. The quantitative estimate of drug-likeness (QED) is 0.875. The fraction of sp³-hybridized carbons (Fsp3) is 0.650. The van der Waals surface area contributed by atoms with E-state index in [-0.39, 0.29) is 18.3 Å². The Hall–Kier alpha value is -1.30. The number of carbonyl (C=O) groups is 1. The summed E-state index contributed by atoms with van der Waals surface area (Å²) in [7, 11) is 3.85. The van der Waals surface area contributed by atoms with Crippen molar-refractivity contribution >= 4 is 18.3 Å². The molecule has 2 saturated heterocycles. The normalized spacial score (nSPS) is 30.1.